The number of hydrogen-bond acceptors (Lipinski definition) is 9. The molecule has 98 heavy (non-hydrogen) atoms. The fourth-order valence-corrected chi connectivity index (χ4v) is 16.6. The number of hydrogen-bond donors (Lipinski definition) is 1. The predicted molar refractivity (Wildman–Crippen MR) is 416 cm³/mol. The van der Waals surface area contributed by atoms with Gasteiger partial charge in [-0.05, 0) is 100 Å². The van der Waals surface area contributed by atoms with Crippen molar-refractivity contribution in [3.63, 3.8) is 0 Å². The van der Waals surface area contributed by atoms with Crippen LogP contribution < -0.4 is 26.3 Å². The van der Waals surface area contributed by atoms with E-state index in [1.165, 1.54) is 237 Å². The lowest BCUT2D eigenvalue weighted by molar-refractivity contribution is -0.385. The first kappa shape index (κ1) is 72.2. The van der Waals surface area contributed by atoms with Crippen molar-refractivity contribution in [3.8, 4) is 11.5 Å². The van der Waals surface area contributed by atoms with Crippen molar-refractivity contribution in [2.75, 3.05) is 18.9 Å². The number of unbranched alkanes of at least 4 members (excludes halogenated alkanes) is 34. The van der Waals surface area contributed by atoms with Crippen LogP contribution in [0.4, 0.5) is 11.4 Å². The first-order chi connectivity index (χ1) is 48.1. The maximum absolute atomic E-state index is 15.1. The molecule has 0 aliphatic rings. The molecular weight excluding hydrogens is 1210 g/mol. The smallest absolute Gasteiger partial charge is 0.313 e. The molecule has 12 heteroatoms. The van der Waals surface area contributed by atoms with Crippen LogP contribution in [0.15, 0.2) is 82.4 Å². The van der Waals surface area contributed by atoms with Gasteiger partial charge in [0, 0.05) is 50.5 Å². The lowest BCUT2D eigenvalue weighted by atomic mass is 9.86. The highest BCUT2D eigenvalue weighted by molar-refractivity contribution is 6.40. The normalized spacial score (nSPS) is 12.7. The fourth-order valence-electron chi connectivity index (χ4n) is 16.6. The summed E-state index contributed by atoms with van der Waals surface area (Å²) in [5, 5.41) is 23.2. The molecule has 4 heterocycles. The van der Waals surface area contributed by atoms with E-state index < -0.39 is 0 Å². The summed E-state index contributed by atoms with van der Waals surface area (Å²) in [5.41, 5.74) is 10.0. The zero-order valence-electron chi connectivity index (χ0n) is 60.5. The summed E-state index contributed by atoms with van der Waals surface area (Å²) in [7, 11) is 0. The van der Waals surface area contributed by atoms with Crippen LogP contribution in [0.2, 0.25) is 0 Å². The molecule has 11 rings (SSSR count). The van der Waals surface area contributed by atoms with Gasteiger partial charge in [0.25, 0.3) is 11.1 Å². The van der Waals surface area contributed by atoms with Crippen LogP contribution in [-0.4, -0.2) is 36.9 Å². The highest BCUT2D eigenvalue weighted by Crippen LogP contribution is 2.47. The SMILES string of the molecule is CCCCCCCCCCCCC(CCCCCCCCCCCC)COc1cc2nc3c4ccc5c6ccc7c(=O)n8c9cc([N+](=O)[O-])c(OCC(CCCCCCCCCC)CCCCCCCCCCCC)cc9nc8c8ccc(c9ccc(c(=O)n3c2cc1N)c4c59)c6c78. The second-order valence-corrected chi connectivity index (χ2v) is 29.8. The van der Waals surface area contributed by atoms with E-state index in [9.17, 15) is 10.1 Å². The van der Waals surface area contributed by atoms with Crippen LogP contribution in [0.1, 0.15) is 297 Å². The molecule has 0 aliphatic carbocycles. The number of imidazole rings is 2. The fraction of sp³-hybridized carbons (Fsp3) is 0.581. The van der Waals surface area contributed by atoms with E-state index in [1.54, 1.807) is 14.9 Å². The molecule has 0 saturated carbocycles. The number of aromatic nitrogens is 4. The van der Waals surface area contributed by atoms with Crippen molar-refractivity contribution in [2.45, 2.75) is 297 Å². The lowest BCUT2D eigenvalue weighted by Gasteiger charge is -2.19. The molecule has 2 N–H and O–H groups in total. The average Bonchev–Trinajstić information content (AvgIpc) is 1.12. The number of nitro benzene ring substituents is 1. The molecular formula is C86H116N6O6. The van der Waals surface area contributed by atoms with Gasteiger partial charge in [-0.1, -0.05) is 296 Å². The van der Waals surface area contributed by atoms with Crippen LogP contribution in [0.3, 0.4) is 0 Å². The van der Waals surface area contributed by atoms with E-state index in [4.69, 9.17) is 25.2 Å². The van der Waals surface area contributed by atoms with Gasteiger partial charge in [-0.25, -0.2) is 9.97 Å². The second kappa shape index (κ2) is 36.3. The number of nitro groups is 1. The Morgan fingerprint density at radius 3 is 0.990 bits per heavy atom. The molecule has 0 saturated heterocycles. The molecule has 0 bridgehead atoms. The van der Waals surface area contributed by atoms with Gasteiger partial charge in [-0.15, -0.1) is 0 Å². The Kier molecular flexibility index (Phi) is 26.7. The predicted octanol–water partition coefficient (Wildman–Crippen LogP) is 25.2. The van der Waals surface area contributed by atoms with Crippen LogP contribution >= 0.6 is 0 Å². The number of nitrogen functional groups attached to an aromatic ring is 1. The third-order valence-electron chi connectivity index (χ3n) is 22.3. The van der Waals surface area contributed by atoms with E-state index >= 15 is 9.59 Å². The van der Waals surface area contributed by atoms with Crippen molar-refractivity contribution in [1.82, 2.24) is 18.8 Å². The number of nitrogens with two attached hydrogens (primary N) is 1. The largest absolute Gasteiger partial charge is 0.491 e. The summed E-state index contributed by atoms with van der Waals surface area (Å²) >= 11 is 0. The summed E-state index contributed by atoms with van der Waals surface area (Å²) in [6, 6.07) is 23.3. The molecule has 1 atom stereocenters. The van der Waals surface area contributed by atoms with Crippen molar-refractivity contribution in [3.05, 3.63) is 104 Å². The zero-order chi connectivity index (χ0) is 68.2. The Morgan fingerprint density at radius 2 is 0.653 bits per heavy atom. The summed E-state index contributed by atoms with van der Waals surface area (Å²) in [6.45, 7) is 10.1. The summed E-state index contributed by atoms with van der Waals surface area (Å²) in [6.07, 6.45) is 53.7. The molecule has 4 aromatic heterocycles. The maximum atomic E-state index is 15.1. The van der Waals surface area contributed by atoms with Crippen LogP contribution in [-0.2, 0) is 0 Å². The van der Waals surface area contributed by atoms with Gasteiger partial charge in [0.2, 0.25) is 0 Å². The number of ether oxygens (including phenoxy) is 2. The minimum atomic E-state index is -0.384. The summed E-state index contributed by atoms with van der Waals surface area (Å²) in [5.74, 6) is 1.55. The molecule has 0 radical (unpaired) electrons. The number of rotatable bonds is 49. The zero-order valence-corrected chi connectivity index (χ0v) is 60.5. The summed E-state index contributed by atoms with van der Waals surface area (Å²) in [4.78, 5) is 53.2. The highest BCUT2D eigenvalue weighted by atomic mass is 16.6. The molecule has 0 amide bonds. The van der Waals surface area contributed by atoms with Gasteiger partial charge < -0.3 is 15.2 Å². The quantitative estimate of drug-likeness (QED) is 0.00979. The first-order valence-electron chi connectivity index (χ1n) is 39.7. The van der Waals surface area contributed by atoms with Crippen molar-refractivity contribution in [2.24, 2.45) is 11.8 Å². The van der Waals surface area contributed by atoms with E-state index in [0.717, 1.165) is 92.4 Å². The van der Waals surface area contributed by atoms with E-state index in [1.807, 2.05) is 36.4 Å². The van der Waals surface area contributed by atoms with Gasteiger partial charge in [0.05, 0.1) is 45.9 Å². The van der Waals surface area contributed by atoms with Gasteiger partial charge in [0.1, 0.15) is 17.0 Å². The Bertz CT molecular complexity index is 4410. The molecule has 12 nitrogen and oxygen atoms in total. The number of benzene rings is 7. The Balaban J connectivity index is 0.847. The van der Waals surface area contributed by atoms with Crippen molar-refractivity contribution < 1.29 is 14.4 Å². The van der Waals surface area contributed by atoms with Crippen molar-refractivity contribution >= 4 is 109 Å². The van der Waals surface area contributed by atoms with E-state index in [2.05, 4.69) is 52.0 Å². The molecule has 7 aromatic carbocycles. The lowest BCUT2D eigenvalue weighted by Crippen LogP contribution is -2.14. The maximum Gasteiger partial charge on any atom is 0.313 e. The molecule has 0 aliphatic heterocycles. The molecule has 0 spiro atoms. The third-order valence-corrected chi connectivity index (χ3v) is 22.3. The average molecular weight is 1330 g/mol. The van der Waals surface area contributed by atoms with E-state index in [-0.39, 0.29) is 33.4 Å². The minimum Gasteiger partial charge on any atom is -0.491 e. The number of nitrogens with zero attached hydrogens (tertiary/aromatic N) is 5. The van der Waals surface area contributed by atoms with Crippen molar-refractivity contribution in [1.29, 1.82) is 0 Å². The third kappa shape index (κ3) is 17.0. The van der Waals surface area contributed by atoms with Gasteiger partial charge >= 0.3 is 5.69 Å². The first-order valence-corrected chi connectivity index (χ1v) is 39.7. The molecule has 11 aromatic rings. The molecule has 1 unspecified atom stereocenters. The number of anilines is 1. The number of fused-ring (bicyclic) bond motifs is 10. The van der Waals surface area contributed by atoms with Gasteiger partial charge in [-0.3, -0.25) is 28.5 Å². The van der Waals surface area contributed by atoms with E-state index in [0.29, 0.717) is 74.7 Å². The Morgan fingerprint density at radius 1 is 0.378 bits per heavy atom. The van der Waals surface area contributed by atoms with Gasteiger partial charge in [0.15, 0.2) is 5.75 Å². The standard InChI is InChI=1S/C86H116N6O6/c1-5-9-13-17-21-25-28-32-36-39-43-61(44-40-37-33-29-26-22-18-14-10-6-2)59-97-77-56-72-74(55-71(77)87)90-83(88-72)67-51-47-63-66-50-54-70-82-68(52-48-64(80(66)82)65-49-53-69(85(90)93)81(67)79(63)65)84-89-73-57-78(76(92(95)96)58-75(73)91(84)86(70)94)98-60-62(45-41-35-31-24-20-16-12-8-4)46-42-38-34-30-27-23-19-15-11-7-3/h47-58,61-62H,5-46,59-60,87H2,1-4H3. The minimum absolute atomic E-state index is 0.155. The molecule has 526 valence electrons. The summed E-state index contributed by atoms with van der Waals surface area (Å²) < 4.78 is 16.6. The van der Waals surface area contributed by atoms with Crippen LogP contribution in [0.5, 0.6) is 11.5 Å². The Labute approximate surface area is 582 Å². The number of pyridine rings is 2. The molecule has 0 fully saturated rings. The highest BCUT2D eigenvalue weighted by Gasteiger charge is 2.27. The second-order valence-electron chi connectivity index (χ2n) is 29.8. The topological polar surface area (TPSA) is 156 Å². The van der Waals surface area contributed by atoms with Gasteiger partial charge in [-0.2, -0.15) is 0 Å². The van der Waals surface area contributed by atoms with Crippen LogP contribution in [0.25, 0.3) is 98.0 Å². The Hall–Kier alpha value is -7.08. The monoisotopic (exact) mass is 1330 g/mol. The van der Waals surface area contributed by atoms with Crippen LogP contribution in [0, 0.1) is 22.0 Å².